The molecular formula is C11H12N4OS. The highest BCUT2D eigenvalue weighted by Gasteiger charge is 2.10. The molecule has 2 aromatic rings. The normalized spacial score (nSPS) is 10.2. The SMILES string of the molecule is CCc1cc(C(=O)Nc2nc(C)cs2)ncn1. The topological polar surface area (TPSA) is 67.8 Å². The molecule has 1 N–H and O–H groups in total. The standard InChI is InChI=1S/C11H12N4OS/c1-3-8-4-9(13-6-12-8)10(16)15-11-14-7(2)5-17-11/h4-6H,3H2,1-2H3,(H,14,15,16). The molecule has 0 aromatic carbocycles. The van der Waals surface area contributed by atoms with Crippen molar-refractivity contribution in [2.24, 2.45) is 0 Å². The van der Waals surface area contributed by atoms with Crippen LogP contribution in [0.25, 0.3) is 0 Å². The van der Waals surface area contributed by atoms with Gasteiger partial charge in [0, 0.05) is 11.1 Å². The fourth-order valence-electron chi connectivity index (χ4n) is 1.29. The van der Waals surface area contributed by atoms with Gasteiger partial charge in [0.15, 0.2) is 5.13 Å². The van der Waals surface area contributed by atoms with Gasteiger partial charge in [0.2, 0.25) is 0 Å². The molecule has 0 bridgehead atoms. The van der Waals surface area contributed by atoms with Crippen molar-refractivity contribution in [3.05, 3.63) is 34.9 Å². The summed E-state index contributed by atoms with van der Waals surface area (Å²) in [6.45, 7) is 3.86. The van der Waals surface area contributed by atoms with Gasteiger partial charge in [-0.05, 0) is 19.4 Å². The molecule has 0 aliphatic rings. The molecule has 2 aromatic heterocycles. The Kier molecular flexibility index (Phi) is 3.43. The van der Waals surface area contributed by atoms with Gasteiger partial charge in [-0.15, -0.1) is 11.3 Å². The molecule has 2 rings (SSSR count). The lowest BCUT2D eigenvalue weighted by atomic mass is 10.2. The molecule has 17 heavy (non-hydrogen) atoms. The second-order valence-corrected chi connectivity index (χ2v) is 4.35. The summed E-state index contributed by atoms with van der Waals surface area (Å²) in [7, 11) is 0. The van der Waals surface area contributed by atoms with Gasteiger partial charge in [-0.3, -0.25) is 10.1 Å². The maximum Gasteiger partial charge on any atom is 0.276 e. The average molecular weight is 248 g/mol. The molecule has 0 fully saturated rings. The van der Waals surface area contributed by atoms with Crippen molar-refractivity contribution >= 4 is 22.4 Å². The number of amides is 1. The van der Waals surface area contributed by atoms with E-state index < -0.39 is 0 Å². The summed E-state index contributed by atoms with van der Waals surface area (Å²) < 4.78 is 0. The fraction of sp³-hybridized carbons (Fsp3) is 0.273. The van der Waals surface area contributed by atoms with Gasteiger partial charge in [-0.25, -0.2) is 15.0 Å². The second-order valence-electron chi connectivity index (χ2n) is 3.50. The van der Waals surface area contributed by atoms with Gasteiger partial charge in [-0.2, -0.15) is 0 Å². The van der Waals surface area contributed by atoms with Crippen LogP contribution in [0.1, 0.15) is 28.8 Å². The molecule has 0 radical (unpaired) electrons. The van der Waals surface area contributed by atoms with E-state index in [1.807, 2.05) is 19.2 Å². The minimum absolute atomic E-state index is 0.253. The first-order chi connectivity index (χ1) is 8.19. The Bertz CT molecular complexity index is 538. The van der Waals surface area contributed by atoms with Gasteiger partial charge < -0.3 is 0 Å². The monoisotopic (exact) mass is 248 g/mol. The highest BCUT2D eigenvalue weighted by molar-refractivity contribution is 7.13. The first-order valence-electron chi connectivity index (χ1n) is 5.23. The Labute approximate surface area is 103 Å². The smallest absolute Gasteiger partial charge is 0.276 e. The maximum atomic E-state index is 11.9. The Balaban J connectivity index is 2.14. The molecule has 0 spiro atoms. The molecule has 2 heterocycles. The van der Waals surface area contributed by atoms with Gasteiger partial charge in [0.25, 0.3) is 5.91 Å². The first-order valence-corrected chi connectivity index (χ1v) is 6.11. The van der Waals surface area contributed by atoms with Crippen LogP contribution in [0.5, 0.6) is 0 Å². The molecule has 5 nitrogen and oxygen atoms in total. The zero-order chi connectivity index (χ0) is 12.3. The molecule has 6 heteroatoms. The largest absolute Gasteiger partial charge is 0.296 e. The third-order valence-corrected chi connectivity index (χ3v) is 3.03. The molecule has 0 aliphatic heterocycles. The van der Waals surface area contributed by atoms with E-state index in [1.54, 1.807) is 6.07 Å². The van der Waals surface area contributed by atoms with Crippen LogP contribution >= 0.6 is 11.3 Å². The van der Waals surface area contributed by atoms with E-state index in [9.17, 15) is 4.79 Å². The number of thiazole rings is 1. The number of carbonyl (C=O) groups is 1. The number of anilines is 1. The Morgan fingerprint density at radius 1 is 1.47 bits per heavy atom. The predicted octanol–water partition coefficient (Wildman–Crippen LogP) is 2.06. The summed E-state index contributed by atoms with van der Waals surface area (Å²) in [6, 6.07) is 1.69. The van der Waals surface area contributed by atoms with E-state index in [-0.39, 0.29) is 5.91 Å². The summed E-state index contributed by atoms with van der Waals surface area (Å²) in [5.41, 5.74) is 2.10. The maximum absolute atomic E-state index is 11.9. The number of hydrogen-bond donors (Lipinski definition) is 1. The van der Waals surface area contributed by atoms with Crippen LogP contribution in [-0.2, 0) is 6.42 Å². The van der Waals surface area contributed by atoms with Crippen molar-refractivity contribution in [1.82, 2.24) is 15.0 Å². The van der Waals surface area contributed by atoms with Crippen LogP contribution in [0.4, 0.5) is 5.13 Å². The van der Waals surface area contributed by atoms with E-state index in [0.717, 1.165) is 17.8 Å². The summed E-state index contributed by atoms with van der Waals surface area (Å²) in [6.07, 6.45) is 2.18. The number of nitrogens with one attached hydrogen (secondary N) is 1. The summed E-state index contributed by atoms with van der Waals surface area (Å²) in [5.74, 6) is -0.253. The highest BCUT2D eigenvalue weighted by atomic mass is 32.1. The predicted molar refractivity (Wildman–Crippen MR) is 66.2 cm³/mol. The fourth-order valence-corrected chi connectivity index (χ4v) is 1.97. The highest BCUT2D eigenvalue weighted by Crippen LogP contribution is 2.15. The summed E-state index contributed by atoms with van der Waals surface area (Å²) in [4.78, 5) is 24.0. The van der Waals surface area contributed by atoms with Gasteiger partial charge in [0.05, 0.1) is 5.69 Å². The lowest BCUT2D eigenvalue weighted by molar-refractivity contribution is 0.102. The van der Waals surface area contributed by atoms with E-state index in [1.165, 1.54) is 17.7 Å². The van der Waals surface area contributed by atoms with Crippen molar-refractivity contribution in [2.75, 3.05) is 5.32 Å². The molecule has 1 amide bonds. The number of hydrogen-bond acceptors (Lipinski definition) is 5. The minimum atomic E-state index is -0.253. The Morgan fingerprint density at radius 2 is 2.29 bits per heavy atom. The Hall–Kier alpha value is -1.82. The van der Waals surface area contributed by atoms with E-state index in [4.69, 9.17) is 0 Å². The summed E-state index contributed by atoms with van der Waals surface area (Å²) in [5, 5.41) is 5.18. The van der Waals surface area contributed by atoms with Crippen molar-refractivity contribution in [1.29, 1.82) is 0 Å². The lowest BCUT2D eigenvalue weighted by Gasteiger charge is -2.01. The molecule has 0 aliphatic carbocycles. The van der Waals surface area contributed by atoms with Gasteiger partial charge in [0.1, 0.15) is 12.0 Å². The average Bonchev–Trinajstić information content (AvgIpc) is 2.75. The summed E-state index contributed by atoms with van der Waals surface area (Å²) >= 11 is 1.40. The van der Waals surface area contributed by atoms with Crippen LogP contribution in [0.3, 0.4) is 0 Å². The van der Waals surface area contributed by atoms with Gasteiger partial charge >= 0.3 is 0 Å². The van der Waals surface area contributed by atoms with Crippen LogP contribution in [0, 0.1) is 6.92 Å². The number of aromatic nitrogens is 3. The lowest BCUT2D eigenvalue weighted by Crippen LogP contribution is -2.14. The minimum Gasteiger partial charge on any atom is -0.296 e. The quantitative estimate of drug-likeness (QED) is 0.902. The Morgan fingerprint density at radius 3 is 2.94 bits per heavy atom. The second kappa shape index (κ2) is 5.01. The molecule has 0 saturated carbocycles. The van der Waals surface area contributed by atoms with Crippen molar-refractivity contribution in [3.63, 3.8) is 0 Å². The zero-order valence-electron chi connectivity index (χ0n) is 9.60. The number of rotatable bonds is 3. The third kappa shape index (κ3) is 2.85. The number of nitrogens with zero attached hydrogens (tertiary/aromatic N) is 3. The van der Waals surface area contributed by atoms with Crippen LogP contribution < -0.4 is 5.32 Å². The molecule has 0 saturated heterocycles. The van der Waals surface area contributed by atoms with Crippen molar-refractivity contribution in [2.45, 2.75) is 20.3 Å². The third-order valence-electron chi connectivity index (χ3n) is 2.16. The van der Waals surface area contributed by atoms with Crippen molar-refractivity contribution < 1.29 is 4.79 Å². The number of aryl methyl sites for hydroxylation is 2. The molecule has 88 valence electrons. The van der Waals surface area contributed by atoms with Crippen molar-refractivity contribution in [3.8, 4) is 0 Å². The molecular weight excluding hydrogens is 236 g/mol. The van der Waals surface area contributed by atoms with Crippen LogP contribution in [-0.4, -0.2) is 20.9 Å². The van der Waals surface area contributed by atoms with E-state index in [0.29, 0.717) is 10.8 Å². The first kappa shape index (κ1) is 11.7. The molecule has 0 atom stereocenters. The zero-order valence-corrected chi connectivity index (χ0v) is 10.4. The van der Waals surface area contributed by atoms with E-state index in [2.05, 4.69) is 20.3 Å². The van der Waals surface area contributed by atoms with Gasteiger partial charge in [-0.1, -0.05) is 6.92 Å². The van der Waals surface area contributed by atoms with Crippen LogP contribution in [0.15, 0.2) is 17.8 Å². The molecule has 0 unspecified atom stereocenters. The van der Waals surface area contributed by atoms with Crippen LogP contribution in [0.2, 0.25) is 0 Å². The van der Waals surface area contributed by atoms with E-state index >= 15 is 0 Å². The number of carbonyl (C=O) groups excluding carboxylic acids is 1.